The molecular formula is C25H29N3O4. The molecular weight excluding hydrogens is 406 g/mol. The lowest BCUT2D eigenvalue weighted by Gasteiger charge is -2.27. The van der Waals surface area contributed by atoms with E-state index in [9.17, 15) is 14.4 Å². The van der Waals surface area contributed by atoms with Crippen molar-refractivity contribution in [2.75, 3.05) is 29.9 Å². The average Bonchev–Trinajstić information content (AvgIpc) is 2.92. The Bertz CT molecular complexity index is 983. The first-order chi connectivity index (χ1) is 15.5. The lowest BCUT2D eigenvalue weighted by molar-refractivity contribution is -0.122. The van der Waals surface area contributed by atoms with E-state index in [1.807, 2.05) is 19.1 Å². The fourth-order valence-electron chi connectivity index (χ4n) is 4.37. The molecule has 2 heterocycles. The summed E-state index contributed by atoms with van der Waals surface area (Å²) in [6, 6.07) is 14.2. The number of nitrogens with one attached hydrogen (secondary N) is 1. The van der Waals surface area contributed by atoms with E-state index in [1.54, 1.807) is 36.4 Å². The highest BCUT2D eigenvalue weighted by Crippen LogP contribution is 2.31. The quantitative estimate of drug-likeness (QED) is 0.726. The van der Waals surface area contributed by atoms with Crippen molar-refractivity contribution in [1.29, 1.82) is 0 Å². The van der Waals surface area contributed by atoms with E-state index in [0.29, 0.717) is 16.9 Å². The van der Waals surface area contributed by atoms with Crippen molar-refractivity contribution in [3.8, 4) is 0 Å². The molecule has 2 amide bonds. The molecule has 1 saturated heterocycles. The van der Waals surface area contributed by atoms with Crippen LogP contribution in [0.4, 0.5) is 11.4 Å². The minimum Gasteiger partial charge on any atom is -0.452 e. The normalized spacial score (nSPS) is 19.0. The van der Waals surface area contributed by atoms with Crippen LogP contribution in [0.25, 0.3) is 0 Å². The first-order valence-electron chi connectivity index (χ1n) is 11.2. The van der Waals surface area contributed by atoms with Gasteiger partial charge < -0.3 is 15.0 Å². The number of benzene rings is 2. The molecule has 1 atom stereocenters. The lowest BCUT2D eigenvalue weighted by Crippen LogP contribution is -2.41. The number of hydrogen-bond donors (Lipinski definition) is 1. The van der Waals surface area contributed by atoms with E-state index >= 15 is 0 Å². The molecule has 7 nitrogen and oxygen atoms in total. The van der Waals surface area contributed by atoms with Crippen LogP contribution in [0.5, 0.6) is 0 Å². The number of piperidine rings is 1. The molecule has 2 aromatic rings. The number of esters is 1. The summed E-state index contributed by atoms with van der Waals surface area (Å²) in [7, 11) is 0. The third-order valence-electron chi connectivity index (χ3n) is 6.00. The van der Waals surface area contributed by atoms with E-state index in [1.165, 1.54) is 24.2 Å². The number of carbonyl (C=O) groups is 3. The highest BCUT2D eigenvalue weighted by molar-refractivity contribution is 6.05. The molecule has 0 aliphatic carbocycles. The Morgan fingerprint density at radius 1 is 1.03 bits per heavy atom. The summed E-state index contributed by atoms with van der Waals surface area (Å²) in [4.78, 5) is 41.5. The number of fused-ring (bicyclic) bond motifs is 1. The van der Waals surface area contributed by atoms with Crippen molar-refractivity contribution in [2.45, 2.75) is 45.2 Å². The third kappa shape index (κ3) is 5.16. The molecule has 1 N–H and O–H groups in total. The van der Waals surface area contributed by atoms with Crippen molar-refractivity contribution in [3.63, 3.8) is 0 Å². The molecule has 2 aromatic carbocycles. The monoisotopic (exact) mass is 435 g/mol. The van der Waals surface area contributed by atoms with Crippen molar-refractivity contribution in [1.82, 2.24) is 4.90 Å². The Morgan fingerprint density at radius 3 is 2.50 bits per heavy atom. The number of nitrogens with zero attached hydrogens (tertiary/aromatic N) is 2. The number of rotatable bonds is 5. The zero-order valence-electron chi connectivity index (χ0n) is 18.4. The molecule has 0 bridgehead atoms. The average molecular weight is 436 g/mol. The highest BCUT2D eigenvalue weighted by atomic mass is 16.5. The predicted molar refractivity (Wildman–Crippen MR) is 122 cm³/mol. The summed E-state index contributed by atoms with van der Waals surface area (Å²) in [5.41, 5.74) is 2.76. The number of ether oxygens (including phenoxy) is 1. The number of hydrogen-bond acceptors (Lipinski definition) is 5. The number of para-hydroxylation sites is 2. The van der Waals surface area contributed by atoms with Gasteiger partial charge in [0.15, 0.2) is 6.61 Å². The molecule has 0 aromatic heterocycles. The van der Waals surface area contributed by atoms with Crippen molar-refractivity contribution < 1.29 is 19.1 Å². The molecule has 0 spiro atoms. The van der Waals surface area contributed by atoms with Gasteiger partial charge in [0.25, 0.3) is 5.91 Å². The van der Waals surface area contributed by atoms with Crippen LogP contribution in [0, 0.1) is 0 Å². The van der Waals surface area contributed by atoms with Gasteiger partial charge in [-0.1, -0.05) is 30.7 Å². The Balaban J connectivity index is 1.37. The maximum atomic E-state index is 12.9. The summed E-state index contributed by atoms with van der Waals surface area (Å²) in [5, 5.41) is 2.82. The Labute approximate surface area is 188 Å². The van der Waals surface area contributed by atoms with Gasteiger partial charge in [-0.3, -0.25) is 14.5 Å². The summed E-state index contributed by atoms with van der Waals surface area (Å²) in [6.07, 6.45) is 3.95. The van der Waals surface area contributed by atoms with E-state index in [-0.39, 0.29) is 30.9 Å². The van der Waals surface area contributed by atoms with Gasteiger partial charge in [-0.05, 0) is 62.7 Å². The molecule has 4 rings (SSSR count). The largest absolute Gasteiger partial charge is 0.452 e. The van der Waals surface area contributed by atoms with Crippen molar-refractivity contribution in [2.24, 2.45) is 0 Å². The molecule has 2 aliphatic rings. The molecule has 2 aliphatic heterocycles. The van der Waals surface area contributed by atoms with Gasteiger partial charge in [0.05, 0.1) is 16.9 Å². The lowest BCUT2D eigenvalue weighted by atomic mass is 10.1. The molecule has 1 unspecified atom stereocenters. The standard InChI is InChI=1S/C25H29N3O4/c1-18-15-23(29)26-21-7-3-4-8-22(21)28(18)24(30)17-32-25(31)20-11-9-19(10-12-20)16-27-13-5-2-6-14-27/h3-4,7-12,18H,2,5-6,13-17H2,1H3,(H,26,29). The zero-order chi connectivity index (χ0) is 22.5. The van der Waals surface area contributed by atoms with Crippen LogP contribution in [0.1, 0.15) is 48.5 Å². The minimum absolute atomic E-state index is 0.151. The van der Waals surface area contributed by atoms with Crippen LogP contribution < -0.4 is 10.2 Å². The highest BCUT2D eigenvalue weighted by Gasteiger charge is 2.30. The van der Waals surface area contributed by atoms with E-state index in [4.69, 9.17) is 4.74 Å². The van der Waals surface area contributed by atoms with Crippen molar-refractivity contribution in [3.05, 3.63) is 59.7 Å². The number of likely N-dealkylation sites (tertiary alicyclic amines) is 1. The van der Waals surface area contributed by atoms with Gasteiger partial charge in [0, 0.05) is 19.0 Å². The zero-order valence-corrected chi connectivity index (χ0v) is 18.4. The van der Waals surface area contributed by atoms with Crippen LogP contribution in [-0.4, -0.2) is 48.4 Å². The fraction of sp³-hybridized carbons (Fsp3) is 0.400. The first-order valence-corrected chi connectivity index (χ1v) is 11.2. The summed E-state index contributed by atoms with van der Waals surface area (Å²) >= 11 is 0. The second-order valence-corrected chi connectivity index (χ2v) is 8.49. The maximum absolute atomic E-state index is 12.9. The number of amides is 2. The molecule has 7 heteroatoms. The van der Waals surface area contributed by atoms with Gasteiger partial charge >= 0.3 is 5.97 Å². The van der Waals surface area contributed by atoms with Crippen LogP contribution in [0.3, 0.4) is 0 Å². The second-order valence-electron chi connectivity index (χ2n) is 8.49. The second kappa shape index (κ2) is 9.96. The van der Waals surface area contributed by atoms with E-state index in [0.717, 1.165) is 25.2 Å². The summed E-state index contributed by atoms with van der Waals surface area (Å²) < 4.78 is 5.32. The molecule has 32 heavy (non-hydrogen) atoms. The first kappa shape index (κ1) is 22.0. The third-order valence-corrected chi connectivity index (χ3v) is 6.00. The molecule has 1 fully saturated rings. The maximum Gasteiger partial charge on any atom is 0.338 e. The SMILES string of the molecule is CC1CC(=O)Nc2ccccc2N1C(=O)COC(=O)c1ccc(CN2CCCCC2)cc1. The van der Waals surface area contributed by atoms with Gasteiger partial charge in [-0.15, -0.1) is 0 Å². The predicted octanol–water partition coefficient (Wildman–Crippen LogP) is 3.59. The van der Waals surface area contributed by atoms with Crippen LogP contribution in [0.2, 0.25) is 0 Å². The van der Waals surface area contributed by atoms with Gasteiger partial charge in [0.2, 0.25) is 5.91 Å². The summed E-state index contributed by atoms with van der Waals surface area (Å²) in [6.45, 7) is 4.53. The van der Waals surface area contributed by atoms with Crippen LogP contribution in [-0.2, 0) is 20.9 Å². The number of anilines is 2. The molecule has 0 radical (unpaired) electrons. The summed E-state index contributed by atoms with van der Waals surface area (Å²) in [5.74, 6) is -1.05. The fourth-order valence-corrected chi connectivity index (χ4v) is 4.37. The van der Waals surface area contributed by atoms with Gasteiger partial charge in [-0.2, -0.15) is 0 Å². The Hall–Kier alpha value is -3.19. The Morgan fingerprint density at radius 2 is 1.75 bits per heavy atom. The van der Waals surface area contributed by atoms with Crippen LogP contribution in [0.15, 0.2) is 48.5 Å². The van der Waals surface area contributed by atoms with Gasteiger partial charge in [-0.25, -0.2) is 4.79 Å². The van der Waals surface area contributed by atoms with E-state index < -0.39 is 5.97 Å². The smallest absolute Gasteiger partial charge is 0.338 e. The molecule has 168 valence electrons. The Kier molecular flexibility index (Phi) is 6.85. The minimum atomic E-state index is -0.534. The number of carbonyl (C=O) groups excluding carboxylic acids is 3. The van der Waals surface area contributed by atoms with Crippen molar-refractivity contribution >= 4 is 29.2 Å². The van der Waals surface area contributed by atoms with Crippen LogP contribution >= 0.6 is 0 Å². The topological polar surface area (TPSA) is 79.0 Å². The van der Waals surface area contributed by atoms with E-state index in [2.05, 4.69) is 10.2 Å². The molecule has 0 saturated carbocycles. The van der Waals surface area contributed by atoms with Gasteiger partial charge in [0.1, 0.15) is 0 Å².